The highest BCUT2D eigenvalue weighted by Crippen LogP contribution is 2.47. The molecule has 0 saturated carbocycles. The summed E-state index contributed by atoms with van der Waals surface area (Å²) in [7, 11) is -0.729. The summed E-state index contributed by atoms with van der Waals surface area (Å²) >= 11 is 0. The van der Waals surface area contributed by atoms with Crippen LogP contribution in [0.1, 0.15) is 11.1 Å². The quantitative estimate of drug-likeness (QED) is 0.284. The van der Waals surface area contributed by atoms with Crippen LogP contribution in [0.5, 0.6) is 17.4 Å². The molecule has 5 aromatic rings. The van der Waals surface area contributed by atoms with E-state index in [4.69, 9.17) is 9.47 Å². The molecule has 3 aromatic carbocycles. The van der Waals surface area contributed by atoms with Gasteiger partial charge in [-0.1, -0.05) is 18.2 Å². The molecule has 0 fully saturated rings. The largest absolute Gasteiger partial charge is 0.497 e. The molecule has 0 aliphatic carbocycles. The lowest BCUT2D eigenvalue weighted by atomic mass is 10.1. The van der Waals surface area contributed by atoms with Crippen molar-refractivity contribution in [3.63, 3.8) is 0 Å². The van der Waals surface area contributed by atoms with Crippen molar-refractivity contribution >= 4 is 37.4 Å². The first-order valence-electron chi connectivity index (χ1n) is 11.8. The number of nitrogens with zero attached hydrogens (tertiary/aromatic N) is 3. The van der Waals surface area contributed by atoms with E-state index in [1.807, 2.05) is 12.1 Å². The number of sulfonamides is 1. The molecule has 0 aliphatic rings. The number of benzene rings is 3. The molecule has 5 rings (SSSR count). The molecule has 0 unspecified atom stereocenters. The topological polar surface area (TPSA) is 93.9 Å². The van der Waals surface area contributed by atoms with Crippen LogP contribution < -0.4 is 13.8 Å². The van der Waals surface area contributed by atoms with Gasteiger partial charge < -0.3 is 19.1 Å². The van der Waals surface area contributed by atoms with E-state index < -0.39 is 21.7 Å². The van der Waals surface area contributed by atoms with Gasteiger partial charge in [0.15, 0.2) is 17.4 Å². The van der Waals surface area contributed by atoms with Crippen molar-refractivity contribution in [3.8, 4) is 17.4 Å². The molecule has 2 aromatic heterocycles. The van der Waals surface area contributed by atoms with E-state index >= 15 is 0 Å². The second-order valence-corrected chi connectivity index (χ2v) is 11.1. The molecular formula is C28H25F2N3O5S. The highest BCUT2D eigenvalue weighted by atomic mass is 32.2. The Morgan fingerprint density at radius 3 is 2.41 bits per heavy atom. The van der Waals surface area contributed by atoms with Crippen LogP contribution in [0.15, 0.2) is 67.0 Å². The third kappa shape index (κ3) is 4.92. The van der Waals surface area contributed by atoms with Crippen molar-refractivity contribution in [2.45, 2.75) is 13.2 Å². The number of rotatable bonds is 8. The van der Waals surface area contributed by atoms with E-state index in [2.05, 4.69) is 4.98 Å². The summed E-state index contributed by atoms with van der Waals surface area (Å²) in [5, 5.41) is 12.5. The minimum atomic E-state index is -3.72. The summed E-state index contributed by atoms with van der Waals surface area (Å²) in [6.07, 6.45) is 4.19. The van der Waals surface area contributed by atoms with Crippen LogP contribution in [0.3, 0.4) is 0 Å². The van der Waals surface area contributed by atoms with E-state index in [1.165, 1.54) is 17.7 Å². The van der Waals surface area contributed by atoms with Gasteiger partial charge in [-0.3, -0.25) is 9.29 Å². The van der Waals surface area contributed by atoms with E-state index in [1.54, 1.807) is 43.8 Å². The summed E-state index contributed by atoms with van der Waals surface area (Å²) in [4.78, 5) is 4.47. The number of methoxy groups -OCH3 is 1. The molecule has 0 spiro atoms. The Labute approximate surface area is 223 Å². The Hall–Kier alpha value is -4.38. The van der Waals surface area contributed by atoms with Crippen molar-refractivity contribution in [3.05, 3.63) is 89.8 Å². The number of halogens is 2. The number of hydrogen-bond donors (Lipinski definition) is 1. The van der Waals surface area contributed by atoms with Crippen molar-refractivity contribution in [2.24, 2.45) is 0 Å². The molecule has 0 saturated heterocycles. The van der Waals surface area contributed by atoms with Crippen LogP contribution in [0.4, 0.5) is 14.5 Å². The van der Waals surface area contributed by atoms with Crippen molar-refractivity contribution in [2.75, 3.05) is 24.7 Å². The average Bonchev–Trinajstić information content (AvgIpc) is 3.23. The molecule has 1 N–H and O–H groups in total. The fourth-order valence-corrected chi connectivity index (χ4v) is 5.00. The predicted molar refractivity (Wildman–Crippen MR) is 145 cm³/mol. The van der Waals surface area contributed by atoms with E-state index in [0.717, 1.165) is 28.3 Å². The van der Waals surface area contributed by atoms with Crippen molar-refractivity contribution < 1.29 is 31.8 Å². The van der Waals surface area contributed by atoms with Crippen molar-refractivity contribution in [1.29, 1.82) is 0 Å². The third-order valence-electron chi connectivity index (χ3n) is 6.50. The van der Waals surface area contributed by atoms with Gasteiger partial charge in [-0.15, -0.1) is 0 Å². The number of ether oxygens (including phenoxy) is 2. The predicted octanol–water partition coefficient (Wildman–Crippen LogP) is 5.21. The molecule has 0 aliphatic heterocycles. The van der Waals surface area contributed by atoms with Crippen molar-refractivity contribution in [1.82, 2.24) is 9.55 Å². The first-order valence-corrected chi connectivity index (χ1v) is 13.7. The van der Waals surface area contributed by atoms with Crippen LogP contribution in [0, 0.1) is 11.6 Å². The van der Waals surface area contributed by atoms with Crippen LogP contribution in [0.25, 0.3) is 21.7 Å². The minimum absolute atomic E-state index is 0.0125. The van der Waals surface area contributed by atoms with Gasteiger partial charge in [0, 0.05) is 30.2 Å². The second-order valence-electron chi connectivity index (χ2n) is 9.06. The van der Waals surface area contributed by atoms with Gasteiger partial charge in [-0.25, -0.2) is 17.2 Å². The van der Waals surface area contributed by atoms with Crippen LogP contribution in [-0.4, -0.2) is 43.5 Å². The van der Waals surface area contributed by atoms with Crippen LogP contribution in [-0.2, 0) is 23.2 Å². The summed E-state index contributed by atoms with van der Waals surface area (Å²) in [6, 6.07) is 14.1. The molecule has 0 radical (unpaired) electrons. The maximum atomic E-state index is 13.9. The fourth-order valence-electron chi connectivity index (χ4n) is 4.47. The van der Waals surface area contributed by atoms with Crippen LogP contribution in [0.2, 0.25) is 0 Å². The number of pyridine rings is 1. The SMILES string of the molecule is COc1ccc(COc2c3ncccc3c(N(C)S(C)(=O)=O)c3cn(Cc4ccc(F)c(F)c4)c(O)c23)cc1. The molecule has 8 nitrogen and oxygen atoms in total. The van der Waals surface area contributed by atoms with Gasteiger partial charge in [0.05, 0.1) is 31.0 Å². The molecule has 0 atom stereocenters. The number of anilines is 1. The molecule has 202 valence electrons. The third-order valence-corrected chi connectivity index (χ3v) is 7.68. The van der Waals surface area contributed by atoms with E-state index in [0.29, 0.717) is 33.3 Å². The smallest absolute Gasteiger partial charge is 0.232 e. The molecule has 2 heterocycles. The van der Waals surface area contributed by atoms with Gasteiger partial charge in [0.1, 0.15) is 17.9 Å². The average molecular weight is 554 g/mol. The zero-order chi connectivity index (χ0) is 27.9. The maximum absolute atomic E-state index is 13.9. The molecular weight excluding hydrogens is 528 g/mol. The summed E-state index contributed by atoms with van der Waals surface area (Å²) in [5.41, 5.74) is 1.87. The van der Waals surface area contributed by atoms with Gasteiger partial charge in [-0.2, -0.15) is 0 Å². The Balaban J connectivity index is 1.72. The molecule has 0 amide bonds. The molecule has 11 heteroatoms. The normalized spacial score (nSPS) is 11.7. The zero-order valence-corrected chi connectivity index (χ0v) is 22.2. The Morgan fingerprint density at radius 2 is 1.74 bits per heavy atom. The Morgan fingerprint density at radius 1 is 1.03 bits per heavy atom. The van der Waals surface area contributed by atoms with Gasteiger partial charge in [-0.05, 0) is 47.5 Å². The summed E-state index contributed by atoms with van der Waals surface area (Å²) in [6.45, 7) is 0.112. The zero-order valence-electron chi connectivity index (χ0n) is 21.4. The van der Waals surface area contributed by atoms with E-state index in [9.17, 15) is 22.3 Å². The van der Waals surface area contributed by atoms with Crippen LogP contribution >= 0.6 is 0 Å². The highest BCUT2D eigenvalue weighted by molar-refractivity contribution is 7.92. The van der Waals surface area contributed by atoms with E-state index in [-0.39, 0.29) is 30.2 Å². The number of aromatic nitrogens is 2. The highest BCUT2D eigenvalue weighted by Gasteiger charge is 2.27. The number of hydrogen-bond acceptors (Lipinski definition) is 6. The standard InChI is InChI=1S/C28H25F2N3O5S/c1-32(39(3,35)36)26-20-5-4-12-31-25(20)27(38-16-17-6-9-19(37-2)10-7-17)24-21(26)15-33(28(24)34)14-18-8-11-22(29)23(30)13-18/h4-13,15,34H,14,16H2,1-3H3. The minimum Gasteiger partial charge on any atom is -0.497 e. The lowest BCUT2D eigenvalue weighted by molar-refractivity contribution is 0.311. The molecule has 39 heavy (non-hydrogen) atoms. The summed E-state index contributed by atoms with van der Waals surface area (Å²) < 4.78 is 66.7. The van der Waals surface area contributed by atoms with Gasteiger partial charge in [0.25, 0.3) is 0 Å². The lowest BCUT2D eigenvalue weighted by Gasteiger charge is -2.21. The van der Waals surface area contributed by atoms with Gasteiger partial charge >= 0.3 is 0 Å². The Kier molecular flexibility index (Phi) is 6.77. The summed E-state index contributed by atoms with van der Waals surface area (Å²) in [5.74, 6) is -1.30. The number of aromatic hydroxyl groups is 1. The first kappa shape index (κ1) is 26.2. The Bertz CT molecular complexity index is 1800. The second kappa shape index (κ2) is 10.1. The fraction of sp³-hybridized carbons (Fsp3) is 0.179. The molecule has 0 bridgehead atoms. The monoisotopic (exact) mass is 553 g/mol. The first-order chi connectivity index (χ1) is 18.6. The maximum Gasteiger partial charge on any atom is 0.232 e. The lowest BCUT2D eigenvalue weighted by Crippen LogP contribution is -2.25. The number of fused-ring (bicyclic) bond motifs is 2. The van der Waals surface area contributed by atoms with Gasteiger partial charge in [0.2, 0.25) is 15.9 Å².